The first kappa shape index (κ1) is 11.6. The van der Waals surface area contributed by atoms with Gasteiger partial charge in [-0.25, -0.2) is 15.8 Å². The number of hydrogen-bond acceptors (Lipinski definition) is 2. The zero-order valence-electron chi connectivity index (χ0n) is 9.44. The first-order chi connectivity index (χ1) is 8.14. The minimum absolute atomic E-state index is 0.109. The highest BCUT2D eigenvalue weighted by Crippen LogP contribution is 2.43. The minimum Gasteiger partial charge on any atom is -0.463 e. The Morgan fingerprint density at radius 1 is 1.65 bits per heavy atom. The van der Waals surface area contributed by atoms with E-state index in [4.69, 9.17) is 11.3 Å². The Kier molecular flexibility index (Phi) is 2.84. The van der Waals surface area contributed by atoms with Gasteiger partial charge in [0.1, 0.15) is 0 Å². The highest BCUT2D eigenvalue weighted by molar-refractivity contribution is 5.84. The molecule has 3 nitrogen and oxygen atoms in total. The van der Waals surface area contributed by atoms with Gasteiger partial charge in [-0.05, 0) is 12.5 Å². The summed E-state index contributed by atoms with van der Waals surface area (Å²) in [4.78, 5) is 15.0. The van der Waals surface area contributed by atoms with E-state index in [1.807, 2.05) is 0 Å². The van der Waals surface area contributed by atoms with Crippen LogP contribution in [0.3, 0.4) is 0 Å². The van der Waals surface area contributed by atoms with Gasteiger partial charge in [-0.1, -0.05) is 24.3 Å². The summed E-state index contributed by atoms with van der Waals surface area (Å²) in [5, 5.41) is 0. The number of nitrogens with zero attached hydrogens (tertiary/aromatic N) is 1. The number of esters is 1. The lowest BCUT2D eigenvalue weighted by atomic mass is 9.95. The summed E-state index contributed by atoms with van der Waals surface area (Å²) in [6, 6.07) is 5.72. The molecule has 0 amide bonds. The van der Waals surface area contributed by atoms with Crippen molar-refractivity contribution in [2.24, 2.45) is 0 Å². The molecular formula is C13H12FNO2. The van der Waals surface area contributed by atoms with Crippen molar-refractivity contribution in [1.29, 1.82) is 0 Å². The summed E-state index contributed by atoms with van der Waals surface area (Å²) < 4.78 is 19.6. The Morgan fingerprint density at radius 2 is 2.35 bits per heavy atom. The van der Waals surface area contributed by atoms with Crippen molar-refractivity contribution >= 4 is 5.97 Å². The van der Waals surface area contributed by atoms with Gasteiger partial charge in [0.25, 0.3) is 6.04 Å². The lowest BCUT2D eigenvalue weighted by Gasteiger charge is -2.18. The molecule has 0 aliphatic heterocycles. The number of rotatable bonds is 2. The van der Waals surface area contributed by atoms with Crippen LogP contribution in [0.25, 0.3) is 4.85 Å². The van der Waals surface area contributed by atoms with Gasteiger partial charge in [0.15, 0.2) is 0 Å². The number of ether oxygens (including phenoxy) is 1. The largest absolute Gasteiger partial charge is 0.463 e. The molecule has 1 aromatic carbocycles. The molecule has 0 saturated carbocycles. The monoisotopic (exact) mass is 233 g/mol. The summed E-state index contributed by atoms with van der Waals surface area (Å²) >= 11 is 0. The second-order valence-corrected chi connectivity index (χ2v) is 3.94. The van der Waals surface area contributed by atoms with Crippen LogP contribution < -0.4 is 0 Å². The fraction of sp³-hybridized carbons (Fsp3) is 0.385. The molecule has 1 aromatic rings. The zero-order valence-corrected chi connectivity index (χ0v) is 9.44. The topological polar surface area (TPSA) is 30.7 Å². The highest BCUT2D eigenvalue weighted by Gasteiger charge is 2.59. The lowest BCUT2D eigenvalue weighted by molar-refractivity contribution is -0.158. The molecule has 2 atom stereocenters. The van der Waals surface area contributed by atoms with Crippen molar-refractivity contribution in [1.82, 2.24) is 0 Å². The maximum absolute atomic E-state index is 14.9. The molecular weight excluding hydrogens is 221 g/mol. The molecule has 0 heterocycles. The average Bonchev–Trinajstić information content (AvgIpc) is 2.64. The van der Waals surface area contributed by atoms with E-state index in [1.165, 1.54) is 0 Å². The molecule has 0 N–H and O–H groups in total. The van der Waals surface area contributed by atoms with Crippen LogP contribution in [-0.2, 0) is 21.6 Å². The van der Waals surface area contributed by atoms with Crippen molar-refractivity contribution in [3.63, 3.8) is 0 Å². The lowest BCUT2D eigenvalue weighted by Crippen LogP contribution is -2.39. The third-order valence-corrected chi connectivity index (χ3v) is 3.01. The van der Waals surface area contributed by atoms with Gasteiger partial charge in [0.2, 0.25) is 0 Å². The number of benzene rings is 1. The van der Waals surface area contributed by atoms with Crippen molar-refractivity contribution in [3.8, 4) is 0 Å². The number of fused-ring (bicyclic) bond motifs is 1. The summed E-state index contributed by atoms with van der Waals surface area (Å²) in [6.07, 6.45) is 0.259. The molecule has 0 radical (unpaired) electrons. The minimum atomic E-state index is -2.31. The fourth-order valence-corrected chi connectivity index (χ4v) is 2.20. The van der Waals surface area contributed by atoms with Crippen LogP contribution in [-0.4, -0.2) is 18.6 Å². The van der Waals surface area contributed by atoms with Gasteiger partial charge < -0.3 is 9.58 Å². The fourth-order valence-electron chi connectivity index (χ4n) is 2.20. The van der Waals surface area contributed by atoms with Gasteiger partial charge in [-0.15, -0.1) is 0 Å². The van der Waals surface area contributed by atoms with Crippen LogP contribution in [0.2, 0.25) is 0 Å². The molecule has 1 aliphatic carbocycles. The molecule has 0 spiro atoms. The quantitative estimate of drug-likeness (QED) is 0.579. The maximum atomic E-state index is 14.9. The molecule has 0 saturated heterocycles. The average molecular weight is 233 g/mol. The molecule has 0 fully saturated rings. The summed E-state index contributed by atoms with van der Waals surface area (Å²) in [6.45, 7) is 8.76. The molecule has 17 heavy (non-hydrogen) atoms. The summed E-state index contributed by atoms with van der Waals surface area (Å²) in [5.74, 6) is -0.953. The molecule has 1 aliphatic rings. The third-order valence-electron chi connectivity index (χ3n) is 3.01. The first-order valence-corrected chi connectivity index (χ1v) is 5.45. The first-order valence-electron chi connectivity index (χ1n) is 5.45. The molecule has 0 bridgehead atoms. The van der Waals surface area contributed by atoms with Gasteiger partial charge in [0.05, 0.1) is 13.0 Å². The van der Waals surface area contributed by atoms with Crippen LogP contribution in [0, 0.1) is 6.57 Å². The van der Waals surface area contributed by atoms with Crippen LogP contribution in [0.4, 0.5) is 4.39 Å². The maximum Gasteiger partial charge on any atom is 0.357 e. The molecule has 4 heteroatoms. The van der Waals surface area contributed by atoms with E-state index >= 15 is 0 Å². The van der Waals surface area contributed by atoms with Crippen molar-refractivity contribution < 1.29 is 13.9 Å². The molecule has 0 aromatic heterocycles. The smallest absolute Gasteiger partial charge is 0.357 e. The van der Waals surface area contributed by atoms with Gasteiger partial charge in [0, 0.05) is 5.56 Å². The Bertz CT molecular complexity index is 494. The third kappa shape index (κ3) is 1.59. The Balaban J connectivity index is 2.50. The van der Waals surface area contributed by atoms with E-state index in [0.717, 1.165) is 0 Å². The molecule has 2 unspecified atom stereocenters. The van der Waals surface area contributed by atoms with E-state index in [0.29, 0.717) is 5.56 Å². The van der Waals surface area contributed by atoms with E-state index in [-0.39, 0.29) is 18.6 Å². The second-order valence-electron chi connectivity index (χ2n) is 3.94. The number of hydrogen-bond donors (Lipinski definition) is 0. The standard InChI is InChI=1S/C13H12FNO2/c1-3-17-12(16)13(14)10-7-5-4-6-9(10)8-11(13)15-2/h4-7,11H,3,8H2,1H3. The number of carbonyl (C=O) groups excluding carboxylic acids is 1. The predicted octanol–water partition coefficient (Wildman–Crippen LogP) is 2.26. The van der Waals surface area contributed by atoms with Gasteiger partial charge in [-0.2, -0.15) is 0 Å². The SMILES string of the molecule is [C-]#[N+]C1Cc2ccccc2C1(F)C(=O)OCC. The summed E-state index contributed by atoms with van der Waals surface area (Å²) in [5.41, 5.74) is -1.32. The van der Waals surface area contributed by atoms with Crippen LogP contribution >= 0.6 is 0 Å². The van der Waals surface area contributed by atoms with Crippen LogP contribution in [0.5, 0.6) is 0 Å². The highest BCUT2D eigenvalue weighted by atomic mass is 19.1. The van der Waals surface area contributed by atoms with E-state index < -0.39 is 17.7 Å². The zero-order chi connectivity index (χ0) is 12.5. The molecule has 2 rings (SSSR count). The Hall–Kier alpha value is -1.89. The van der Waals surface area contributed by atoms with Crippen molar-refractivity contribution in [2.45, 2.75) is 25.1 Å². The Labute approximate surface area is 99.0 Å². The van der Waals surface area contributed by atoms with Gasteiger partial charge >= 0.3 is 11.6 Å². The van der Waals surface area contributed by atoms with E-state index in [2.05, 4.69) is 4.85 Å². The Morgan fingerprint density at radius 3 is 3.00 bits per heavy atom. The summed E-state index contributed by atoms with van der Waals surface area (Å²) in [7, 11) is 0. The van der Waals surface area contributed by atoms with Gasteiger partial charge in [-0.3, -0.25) is 0 Å². The number of carbonyl (C=O) groups is 1. The van der Waals surface area contributed by atoms with E-state index in [9.17, 15) is 9.18 Å². The van der Waals surface area contributed by atoms with Crippen molar-refractivity contribution in [2.75, 3.05) is 6.61 Å². The van der Waals surface area contributed by atoms with Crippen molar-refractivity contribution in [3.05, 3.63) is 46.8 Å². The predicted molar refractivity (Wildman–Crippen MR) is 60.0 cm³/mol. The normalized spacial score (nSPS) is 26.1. The number of halogens is 1. The van der Waals surface area contributed by atoms with E-state index in [1.54, 1.807) is 31.2 Å². The van der Waals surface area contributed by atoms with Crippen LogP contribution in [0.1, 0.15) is 18.1 Å². The molecule has 88 valence electrons. The number of alkyl halides is 1. The van der Waals surface area contributed by atoms with Crippen LogP contribution in [0.15, 0.2) is 24.3 Å². The second kappa shape index (κ2) is 4.17.